The van der Waals surface area contributed by atoms with E-state index in [4.69, 9.17) is 10.7 Å². The van der Waals surface area contributed by atoms with Crippen molar-refractivity contribution in [1.82, 2.24) is 30.2 Å². The largest absolute Gasteiger partial charge is 0.383 e. The van der Waals surface area contributed by atoms with Crippen molar-refractivity contribution in [3.05, 3.63) is 48.8 Å². The third-order valence-electron chi connectivity index (χ3n) is 6.22. The van der Waals surface area contributed by atoms with Crippen molar-refractivity contribution in [2.24, 2.45) is 0 Å². The standard InChI is InChI=1S/C22H20N8O2/c23-17-9-18(29-7-3-6-22(12-29)20(31)27-21(32)28-22)26-19-15(11-25-30(17)19)14-8-13-4-1-2-5-16(13)24-10-14/h1-2,4-5,8-11H,3,6-7,12,23H2,(H2,27,28,31,32). The van der Waals surface area contributed by atoms with Gasteiger partial charge in [-0.1, -0.05) is 18.2 Å². The topological polar surface area (TPSA) is 131 Å². The van der Waals surface area contributed by atoms with Crippen LogP contribution in [0.4, 0.5) is 16.4 Å². The molecule has 1 unspecified atom stereocenters. The van der Waals surface area contributed by atoms with Crippen LogP contribution in [-0.4, -0.2) is 50.1 Å². The first-order chi connectivity index (χ1) is 15.5. The second-order valence-corrected chi connectivity index (χ2v) is 8.27. The van der Waals surface area contributed by atoms with Crippen molar-refractivity contribution >= 4 is 40.1 Å². The second-order valence-electron chi connectivity index (χ2n) is 8.27. The zero-order chi connectivity index (χ0) is 21.9. The summed E-state index contributed by atoms with van der Waals surface area (Å²) in [7, 11) is 0. The van der Waals surface area contributed by atoms with E-state index in [1.54, 1.807) is 23.0 Å². The quantitative estimate of drug-likeness (QED) is 0.414. The summed E-state index contributed by atoms with van der Waals surface area (Å²) in [4.78, 5) is 35.6. The fourth-order valence-corrected chi connectivity index (χ4v) is 4.62. The molecule has 1 aromatic carbocycles. The zero-order valence-electron chi connectivity index (χ0n) is 17.1. The Hall–Kier alpha value is -4.21. The number of hydrogen-bond acceptors (Lipinski definition) is 7. The maximum Gasteiger partial charge on any atom is 0.322 e. The van der Waals surface area contributed by atoms with Crippen LogP contribution in [0.5, 0.6) is 0 Å². The van der Waals surface area contributed by atoms with E-state index >= 15 is 0 Å². The molecule has 10 heteroatoms. The molecule has 1 atom stereocenters. The van der Waals surface area contributed by atoms with Crippen LogP contribution in [0, 0.1) is 0 Å². The van der Waals surface area contributed by atoms with Gasteiger partial charge in [-0.25, -0.2) is 9.78 Å². The number of nitrogen functional groups attached to an aromatic ring is 1. The molecule has 2 fully saturated rings. The predicted octanol–water partition coefficient (Wildman–Crippen LogP) is 1.71. The molecule has 0 saturated carbocycles. The van der Waals surface area contributed by atoms with Gasteiger partial charge >= 0.3 is 6.03 Å². The van der Waals surface area contributed by atoms with E-state index in [1.807, 2.05) is 29.2 Å². The van der Waals surface area contributed by atoms with Crippen molar-refractivity contribution in [3.8, 4) is 11.1 Å². The van der Waals surface area contributed by atoms with E-state index < -0.39 is 11.6 Å². The van der Waals surface area contributed by atoms with E-state index in [9.17, 15) is 9.59 Å². The zero-order valence-corrected chi connectivity index (χ0v) is 17.1. The number of piperidine rings is 1. The molecule has 2 aliphatic rings. The monoisotopic (exact) mass is 428 g/mol. The molecule has 160 valence electrons. The van der Waals surface area contributed by atoms with Crippen molar-refractivity contribution < 1.29 is 9.59 Å². The van der Waals surface area contributed by atoms with E-state index in [1.165, 1.54) is 0 Å². The Balaban J connectivity index is 1.42. The molecule has 10 nitrogen and oxygen atoms in total. The van der Waals surface area contributed by atoms with Gasteiger partial charge in [0, 0.05) is 35.3 Å². The van der Waals surface area contributed by atoms with E-state index in [2.05, 4.69) is 26.8 Å². The number of hydrogen-bond donors (Lipinski definition) is 3. The number of urea groups is 1. The number of nitrogens with zero attached hydrogens (tertiary/aromatic N) is 5. The lowest BCUT2D eigenvalue weighted by Gasteiger charge is -2.38. The van der Waals surface area contributed by atoms with Gasteiger partial charge in [-0.2, -0.15) is 9.61 Å². The number of fused-ring (bicyclic) bond motifs is 2. The average molecular weight is 428 g/mol. The van der Waals surface area contributed by atoms with Crippen LogP contribution in [0.2, 0.25) is 0 Å². The smallest absolute Gasteiger partial charge is 0.322 e. The molecule has 4 N–H and O–H groups in total. The minimum atomic E-state index is -0.941. The molecule has 4 aromatic rings. The number of rotatable bonds is 2. The van der Waals surface area contributed by atoms with Gasteiger partial charge in [-0.3, -0.25) is 15.1 Å². The SMILES string of the molecule is Nc1cc(N2CCCC3(C2)NC(=O)NC3=O)nc2c(-c3cnc4ccccc4c3)cnn12. The van der Waals surface area contributed by atoms with Gasteiger partial charge in [0.15, 0.2) is 5.65 Å². The van der Waals surface area contributed by atoms with Gasteiger partial charge in [-0.05, 0) is 25.0 Å². The normalized spacial score (nSPS) is 20.8. The average Bonchev–Trinajstić information content (AvgIpc) is 3.34. The van der Waals surface area contributed by atoms with Gasteiger partial charge in [0.05, 0.1) is 18.3 Å². The summed E-state index contributed by atoms with van der Waals surface area (Å²) in [6.45, 7) is 1.03. The molecule has 1 spiro atoms. The predicted molar refractivity (Wildman–Crippen MR) is 119 cm³/mol. The Morgan fingerprint density at radius 2 is 2.00 bits per heavy atom. The van der Waals surface area contributed by atoms with Gasteiger partial charge in [0.25, 0.3) is 5.91 Å². The minimum Gasteiger partial charge on any atom is -0.383 e. The van der Waals surface area contributed by atoms with E-state index in [0.717, 1.165) is 28.5 Å². The van der Waals surface area contributed by atoms with Crippen molar-refractivity contribution in [3.63, 3.8) is 0 Å². The van der Waals surface area contributed by atoms with Crippen LogP contribution in [0.1, 0.15) is 12.8 Å². The number of nitrogens with two attached hydrogens (primary N) is 1. The highest BCUT2D eigenvalue weighted by Crippen LogP contribution is 2.31. The number of pyridine rings is 1. The summed E-state index contributed by atoms with van der Waals surface area (Å²) in [5, 5.41) is 10.6. The molecule has 2 aliphatic heterocycles. The van der Waals surface area contributed by atoms with Gasteiger partial charge in [-0.15, -0.1) is 0 Å². The number of anilines is 2. The third kappa shape index (κ3) is 2.76. The Kier molecular flexibility index (Phi) is 3.85. The highest BCUT2D eigenvalue weighted by Gasteiger charge is 2.49. The van der Waals surface area contributed by atoms with Gasteiger partial charge < -0.3 is 16.0 Å². The first kappa shape index (κ1) is 18.6. The van der Waals surface area contributed by atoms with Gasteiger partial charge in [0.2, 0.25) is 0 Å². The van der Waals surface area contributed by atoms with Crippen LogP contribution in [0.3, 0.4) is 0 Å². The van der Waals surface area contributed by atoms with Crippen LogP contribution >= 0.6 is 0 Å². The van der Waals surface area contributed by atoms with E-state index in [-0.39, 0.29) is 5.91 Å². The number of carbonyl (C=O) groups is 2. The maximum atomic E-state index is 12.4. The van der Waals surface area contributed by atoms with Gasteiger partial charge in [0.1, 0.15) is 17.2 Å². The summed E-state index contributed by atoms with van der Waals surface area (Å²) in [5.41, 5.74) is 8.59. The number of amides is 3. The summed E-state index contributed by atoms with van der Waals surface area (Å²) >= 11 is 0. The lowest BCUT2D eigenvalue weighted by molar-refractivity contribution is -0.124. The number of carbonyl (C=O) groups excluding carboxylic acids is 2. The third-order valence-corrected chi connectivity index (χ3v) is 6.22. The number of nitrogens with one attached hydrogen (secondary N) is 2. The summed E-state index contributed by atoms with van der Waals surface area (Å²) in [6, 6.07) is 11.3. The second kappa shape index (κ2) is 6.64. The lowest BCUT2D eigenvalue weighted by Crippen LogP contribution is -2.58. The fourth-order valence-electron chi connectivity index (χ4n) is 4.62. The van der Waals surface area contributed by atoms with Crippen LogP contribution in [0.25, 0.3) is 27.7 Å². The lowest BCUT2D eigenvalue weighted by atomic mass is 9.89. The molecule has 0 radical (unpaired) electrons. The van der Waals surface area contributed by atoms with Crippen LogP contribution < -0.4 is 21.3 Å². The molecule has 32 heavy (non-hydrogen) atoms. The fraction of sp³-hybridized carbons (Fsp3) is 0.227. The highest BCUT2D eigenvalue weighted by molar-refractivity contribution is 6.07. The molecule has 0 aliphatic carbocycles. The number of para-hydroxylation sites is 1. The van der Waals surface area contributed by atoms with Crippen molar-refractivity contribution in [1.29, 1.82) is 0 Å². The summed E-state index contributed by atoms with van der Waals surface area (Å²) < 4.78 is 1.60. The summed E-state index contributed by atoms with van der Waals surface area (Å²) in [5.74, 6) is 0.775. The molecular formula is C22H20N8O2. The van der Waals surface area contributed by atoms with Crippen LogP contribution in [-0.2, 0) is 4.79 Å². The highest BCUT2D eigenvalue weighted by atomic mass is 16.2. The molecule has 2 saturated heterocycles. The first-order valence-electron chi connectivity index (χ1n) is 10.4. The molecule has 3 amide bonds. The minimum absolute atomic E-state index is 0.298. The summed E-state index contributed by atoms with van der Waals surface area (Å²) in [6.07, 6.45) is 4.86. The number of aromatic nitrogens is 4. The Labute approximate surface area is 182 Å². The maximum absolute atomic E-state index is 12.4. The molecule has 3 aromatic heterocycles. The first-order valence-corrected chi connectivity index (χ1v) is 10.4. The van der Waals surface area contributed by atoms with E-state index in [0.29, 0.717) is 36.8 Å². The molecule has 0 bridgehead atoms. The van der Waals surface area contributed by atoms with Crippen molar-refractivity contribution in [2.75, 3.05) is 23.7 Å². The van der Waals surface area contributed by atoms with Crippen molar-refractivity contribution in [2.45, 2.75) is 18.4 Å². The molecular weight excluding hydrogens is 408 g/mol. The molecule has 5 heterocycles. The van der Waals surface area contributed by atoms with Crippen LogP contribution in [0.15, 0.2) is 48.8 Å². The molecule has 6 rings (SSSR count). The Morgan fingerprint density at radius 3 is 2.84 bits per heavy atom. The Bertz CT molecular complexity index is 1410. The number of benzene rings is 1. The number of imide groups is 1. The Morgan fingerprint density at radius 1 is 1.12 bits per heavy atom.